The Morgan fingerprint density at radius 2 is 2.04 bits per heavy atom. The zero-order valence-corrected chi connectivity index (χ0v) is 15.3. The highest BCUT2D eigenvalue weighted by atomic mass is 16.5. The largest absolute Gasteiger partial charge is 0.472 e. The summed E-state index contributed by atoms with van der Waals surface area (Å²) in [5, 5.41) is 2.49. The molecule has 27 heavy (non-hydrogen) atoms. The van der Waals surface area contributed by atoms with Crippen LogP contribution in [-0.2, 0) is 16.1 Å². The highest BCUT2D eigenvalue weighted by Crippen LogP contribution is 2.16. The third-order valence-electron chi connectivity index (χ3n) is 4.27. The van der Waals surface area contributed by atoms with E-state index in [1.54, 1.807) is 11.1 Å². The van der Waals surface area contributed by atoms with Crippen molar-refractivity contribution in [2.45, 2.75) is 26.1 Å². The number of rotatable bonds is 6. The second-order valence-corrected chi connectivity index (χ2v) is 6.46. The quantitative estimate of drug-likeness (QED) is 0.845. The molecule has 1 N–H and O–H groups in total. The molecule has 1 aromatic carbocycles. The fraction of sp³-hybridized carbons (Fsp3) is 0.350. The molecule has 2 amide bonds. The zero-order chi connectivity index (χ0) is 19.1. The number of benzene rings is 1. The molecule has 1 fully saturated rings. The highest BCUT2D eigenvalue weighted by molar-refractivity contribution is 5.82. The van der Waals surface area contributed by atoms with Gasteiger partial charge in [-0.15, -0.1) is 0 Å². The van der Waals surface area contributed by atoms with Crippen molar-refractivity contribution in [1.82, 2.24) is 15.2 Å². The summed E-state index contributed by atoms with van der Waals surface area (Å²) in [6, 6.07) is 13.1. The van der Waals surface area contributed by atoms with Gasteiger partial charge in [0.25, 0.3) is 0 Å². The highest BCUT2D eigenvalue weighted by Gasteiger charge is 2.28. The molecule has 1 aromatic heterocycles. The van der Waals surface area contributed by atoms with Crippen LogP contribution in [-0.4, -0.2) is 47.6 Å². The van der Waals surface area contributed by atoms with Gasteiger partial charge >= 0.3 is 6.09 Å². The van der Waals surface area contributed by atoms with E-state index in [2.05, 4.69) is 10.3 Å². The SMILES string of the molecule is Cc1ccc(OC2CCN(C(=O)CNC(=O)OCc3ccccc3)C2)nc1. The van der Waals surface area contributed by atoms with Gasteiger partial charge in [0, 0.05) is 25.2 Å². The first-order valence-electron chi connectivity index (χ1n) is 8.92. The number of nitrogens with one attached hydrogen (secondary N) is 1. The average molecular weight is 369 g/mol. The number of amides is 2. The lowest BCUT2D eigenvalue weighted by molar-refractivity contribution is -0.129. The molecule has 7 heteroatoms. The van der Waals surface area contributed by atoms with Gasteiger partial charge in [0.2, 0.25) is 11.8 Å². The van der Waals surface area contributed by atoms with Crippen LogP contribution in [0.5, 0.6) is 5.88 Å². The molecule has 1 unspecified atom stereocenters. The molecule has 1 atom stereocenters. The van der Waals surface area contributed by atoms with Gasteiger partial charge in [-0.1, -0.05) is 36.4 Å². The molecule has 0 aliphatic carbocycles. The third-order valence-corrected chi connectivity index (χ3v) is 4.27. The van der Waals surface area contributed by atoms with E-state index in [0.29, 0.717) is 19.0 Å². The van der Waals surface area contributed by atoms with Crippen LogP contribution in [0.4, 0.5) is 4.79 Å². The number of likely N-dealkylation sites (tertiary alicyclic amines) is 1. The van der Waals surface area contributed by atoms with Crippen molar-refractivity contribution in [2.24, 2.45) is 0 Å². The molecule has 142 valence electrons. The zero-order valence-electron chi connectivity index (χ0n) is 15.3. The number of alkyl carbamates (subject to hydrolysis) is 1. The van der Waals surface area contributed by atoms with Gasteiger partial charge in [-0.25, -0.2) is 9.78 Å². The van der Waals surface area contributed by atoms with E-state index in [1.165, 1.54) is 0 Å². The van der Waals surface area contributed by atoms with Crippen molar-refractivity contribution in [3.63, 3.8) is 0 Å². The molecular formula is C20H23N3O4. The maximum Gasteiger partial charge on any atom is 0.407 e. The summed E-state index contributed by atoms with van der Waals surface area (Å²) in [5.41, 5.74) is 1.96. The minimum Gasteiger partial charge on any atom is -0.472 e. The van der Waals surface area contributed by atoms with Gasteiger partial charge in [-0.05, 0) is 18.1 Å². The smallest absolute Gasteiger partial charge is 0.407 e. The molecule has 2 heterocycles. The fourth-order valence-corrected chi connectivity index (χ4v) is 2.78. The number of aryl methyl sites for hydroxylation is 1. The van der Waals surface area contributed by atoms with Crippen molar-refractivity contribution in [1.29, 1.82) is 0 Å². The third kappa shape index (κ3) is 5.70. The molecule has 1 aliphatic heterocycles. The Bertz CT molecular complexity index is 765. The Labute approximate surface area is 158 Å². The predicted molar refractivity (Wildman–Crippen MR) is 99.2 cm³/mol. The van der Waals surface area contributed by atoms with E-state index in [4.69, 9.17) is 9.47 Å². The molecule has 0 saturated carbocycles. The molecule has 7 nitrogen and oxygen atoms in total. The second-order valence-electron chi connectivity index (χ2n) is 6.46. The Morgan fingerprint density at radius 3 is 2.78 bits per heavy atom. The van der Waals surface area contributed by atoms with Crippen molar-refractivity contribution >= 4 is 12.0 Å². The molecule has 0 radical (unpaired) electrons. The lowest BCUT2D eigenvalue weighted by Gasteiger charge is -2.17. The van der Waals surface area contributed by atoms with E-state index >= 15 is 0 Å². The van der Waals surface area contributed by atoms with Crippen LogP contribution >= 0.6 is 0 Å². The summed E-state index contributed by atoms with van der Waals surface area (Å²) in [7, 11) is 0. The van der Waals surface area contributed by atoms with Crippen molar-refractivity contribution < 1.29 is 19.1 Å². The van der Waals surface area contributed by atoms with Gasteiger partial charge in [0.05, 0.1) is 6.54 Å². The van der Waals surface area contributed by atoms with Crippen molar-refractivity contribution in [2.75, 3.05) is 19.6 Å². The number of aromatic nitrogens is 1. The fourth-order valence-electron chi connectivity index (χ4n) is 2.78. The topological polar surface area (TPSA) is 80.8 Å². The predicted octanol–water partition coefficient (Wildman–Crippen LogP) is 2.30. The van der Waals surface area contributed by atoms with E-state index < -0.39 is 6.09 Å². The summed E-state index contributed by atoms with van der Waals surface area (Å²) >= 11 is 0. The van der Waals surface area contributed by atoms with Gasteiger partial charge in [-0.3, -0.25) is 4.79 Å². The normalized spacial score (nSPS) is 16.0. The van der Waals surface area contributed by atoms with E-state index in [-0.39, 0.29) is 25.2 Å². The second kappa shape index (κ2) is 9.02. The van der Waals surface area contributed by atoms with Crippen LogP contribution in [0.25, 0.3) is 0 Å². The maximum absolute atomic E-state index is 12.3. The first-order valence-corrected chi connectivity index (χ1v) is 8.92. The molecule has 1 aliphatic rings. The van der Waals surface area contributed by atoms with Crippen LogP contribution in [0.2, 0.25) is 0 Å². The summed E-state index contributed by atoms with van der Waals surface area (Å²) in [6.07, 6.45) is 1.79. The lowest BCUT2D eigenvalue weighted by atomic mass is 10.2. The Hall–Kier alpha value is -3.09. The maximum atomic E-state index is 12.3. The number of hydrogen-bond donors (Lipinski definition) is 1. The molecule has 0 spiro atoms. The Kier molecular flexibility index (Phi) is 6.25. The van der Waals surface area contributed by atoms with E-state index in [1.807, 2.05) is 49.4 Å². The molecule has 0 bridgehead atoms. The number of hydrogen-bond acceptors (Lipinski definition) is 5. The standard InChI is InChI=1S/C20H23N3O4/c1-15-7-8-18(21-11-15)27-17-9-10-23(13-17)19(24)12-22-20(25)26-14-16-5-3-2-4-6-16/h2-8,11,17H,9-10,12-14H2,1H3,(H,22,25). The summed E-state index contributed by atoms with van der Waals surface area (Å²) in [6.45, 7) is 3.11. The van der Waals surface area contributed by atoms with Gasteiger partial charge in [-0.2, -0.15) is 0 Å². The first kappa shape index (κ1) is 18.7. The van der Waals surface area contributed by atoms with Crippen LogP contribution in [0.1, 0.15) is 17.5 Å². The number of pyridine rings is 1. The molecule has 2 aromatic rings. The number of nitrogens with zero attached hydrogens (tertiary/aromatic N) is 2. The van der Waals surface area contributed by atoms with Crippen LogP contribution in [0, 0.1) is 6.92 Å². The lowest BCUT2D eigenvalue weighted by Crippen LogP contribution is -2.39. The minimum absolute atomic E-state index is 0.0887. The van der Waals surface area contributed by atoms with E-state index in [9.17, 15) is 9.59 Å². The van der Waals surface area contributed by atoms with Gasteiger partial charge in [0.15, 0.2) is 0 Å². The van der Waals surface area contributed by atoms with Crippen LogP contribution in [0.3, 0.4) is 0 Å². The van der Waals surface area contributed by atoms with Crippen LogP contribution < -0.4 is 10.1 Å². The average Bonchev–Trinajstić information content (AvgIpc) is 3.16. The number of carbonyl (C=O) groups excluding carboxylic acids is 2. The first-order chi connectivity index (χ1) is 13.1. The van der Waals surface area contributed by atoms with Crippen LogP contribution in [0.15, 0.2) is 48.7 Å². The Morgan fingerprint density at radius 1 is 1.22 bits per heavy atom. The van der Waals surface area contributed by atoms with Crippen molar-refractivity contribution in [3.05, 3.63) is 59.8 Å². The molecular weight excluding hydrogens is 346 g/mol. The summed E-state index contributed by atoms with van der Waals surface area (Å²) in [4.78, 5) is 29.9. The monoisotopic (exact) mass is 369 g/mol. The van der Waals surface area contributed by atoms with Crippen molar-refractivity contribution in [3.8, 4) is 5.88 Å². The minimum atomic E-state index is -0.608. The van der Waals surface area contributed by atoms with Gasteiger partial charge in [0.1, 0.15) is 19.3 Å². The summed E-state index contributed by atoms with van der Waals surface area (Å²) < 4.78 is 10.9. The Balaban J connectivity index is 1.37. The number of ether oxygens (including phenoxy) is 2. The van der Waals surface area contributed by atoms with Gasteiger partial charge < -0.3 is 19.7 Å². The van der Waals surface area contributed by atoms with E-state index in [0.717, 1.165) is 17.5 Å². The molecule has 3 rings (SSSR count). The number of carbonyl (C=O) groups is 2. The summed E-state index contributed by atoms with van der Waals surface area (Å²) in [5.74, 6) is 0.400. The molecule has 1 saturated heterocycles.